The molecule has 1 unspecified atom stereocenters. The number of nitrogens with zero attached hydrogens (tertiary/aromatic N) is 2. The average Bonchev–Trinajstić information content (AvgIpc) is 2.31. The number of pyridine rings is 2. The van der Waals surface area contributed by atoms with Crippen LogP contribution < -0.4 is 5.73 Å². The SMILES string of the molecule is Nc1cnccc1S(=O)Cc1cccnc1. The second-order valence-electron chi connectivity index (χ2n) is 3.26. The molecule has 0 amide bonds. The molecule has 82 valence electrons. The van der Waals surface area contributed by atoms with Crippen LogP contribution in [-0.4, -0.2) is 14.2 Å². The summed E-state index contributed by atoms with van der Waals surface area (Å²) in [5.74, 6) is 0.419. The minimum Gasteiger partial charge on any atom is -0.396 e. The Labute approximate surface area is 96.0 Å². The van der Waals surface area contributed by atoms with E-state index in [0.29, 0.717) is 16.3 Å². The fraction of sp³-hybridized carbons (Fsp3) is 0.0909. The molecule has 0 saturated carbocycles. The lowest BCUT2D eigenvalue weighted by Crippen LogP contribution is -2.01. The van der Waals surface area contributed by atoms with Crippen molar-refractivity contribution in [2.24, 2.45) is 0 Å². The maximum Gasteiger partial charge on any atom is 0.0664 e. The van der Waals surface area contributed by atoms with Crippen molar-refractivity contribution in [1.29, 1.82) is 0 Å². The van der Waals surface area contributed by atoms with Gasteiger partial charge in [-0.3, -0.25) is 14.2 Å². The van der Waals surface area contributed by atoms with Crippen LogP contribution in [0.25, 0.3) is 0 Å². The number of nitrogens with two attached hydrogens (primary N) is 1. The molecule has 0 spiro atoms. The zero-order valence-electron chi connectivity index (χ0n) is 8.54. The van der Waals surface area contributed by atoms with E-state index >= 15 is 0 Å². The van der Waals surface area contributed by atoms with Gasteiger partial charge in [0, 0.05) is 18.6 Å². The molecule has 0 aromatic carbocycles. The van der Waals surface area contributed by atoms with Crippen molar-refractivity contribution in [3.8, 4) is 0 Å². The van der Waals surface area contributed by atoms with Crippen LogP contribution in [0.5, 0.6) is 0 Å². The van der Waals surface area contributed by atoms with Gasteiger partial charge in [-0.2, -0.15) is 0 Å². The van der Waals surface area contributed by atoms with Gasteiger partial charge >= 0.3 is 0 Å². The van der Waals surface area contributed by atoms with E-state index in [1.54, 1.807) is 24.7 Å². The van der Waals surface area contributed by atoms with E-state index in [9.17, 15) is 4.21 Å². The third-order valence-electron chi connectivity index (χ3n) is 2.08. The molecule has 4 nitrogen and oxygen atoms in total. The van der Waals surface area contributed by atoms with E-state index in [0.717, 1.165) is 5.56 Å². The molecule has 2 N–H and O–H groups in total. The highest BCUT2D eigenvalue weighted by atomic mass is 32.2. The lowest BCUT2D eigenvalue weighted by molar-refractivity contribution is 0.682. The zero-order valence-corrected chi connectivity index (χ0v) is 9.35. The second kappa shape index (κ2) is 4.85. The van der Waals surface area contributed by atoms with Gasteiger partial charge in [0.25, 0.3) is 0 Å². The van der Waals surface area contributed by atoms with Crippen molar-refractivity contribution < 1.29 is 4.21 Å². The Morgan fingerprint density at radius 3 is 2.69 bits per heavy atom. The van der Waals surface area contributed by atoms with Crippen LogP contribution in [0.4, 0.5) is 5.69 Å². The topological polar surface area (TPSA) is 68.9 Å². The van der Waals surface area contributed by atoms with Gasteiger partial charge in [-0.1, -0.05) is 6.07 Å². The highest BCUT2D eigenvalue weighted by Crippen LogP contribution is 2.16. The number of anilines is 1. The molecule has 1 atom stereocenters. The summed E-state index contributed by atoms with van der Waals surface area (Å²) >= 11 is 0. The molecule has 2 rings (SSSR count). The van der Waals surface area contributed by atoms with Gasteiger partial charge < -0.3 is 5.73 Å². The zero-order chi connectivity index (χ0) is 11.4. The summed E-state index contributed by atoms with van der Waals surface area (Å²) in [6, 6.07) is 5.40. The maximum absolute atomic E-state index is 12.0. The molecular weight excluding hydrogens is 222 g/mol. The first-order valence-electron chi connectivity index (χ1n) is 4.74. The predicted molar refractivity (Wildman–Crippen MR) is 63.0 cm³/mol. The normalized spacial score (nSPS) is 12.2. The fourth-order valence-corrected chi connectivity index (χ4v) is 2.47. The number of aromatic nitrogens is 2. The van der Waals surface area contributed by atoms with E-state index in [4.69, 9.17) is 5.73 Å². The fourth-order valence-electron chi connectivity index (χ4n) is 1.31. The van der Waals surface area contributed by atoms with Crippen LogP contribution in [0, 0.1) is 0 Å². The minimum atomic E-state index is -1.15. The molecule has 2 aromatic heterocycles. The minimum absolute atomic E-state index is 0.419. The molecule has 5 heteroatoms. The first-order valence-corrected chi connectivity index (χ1v) is 6.06. The summed E-state index contributed by atoms with van der Waals surface area (Å²) in [5.41, 5.74) is 7.09. The van der Waals surface area contributed by atoms with E-state index in [-0.39, 0.29) is 0 Å². The van der Waals surface area contributed by atoms with E-state index in [2.05, 4.69) is 9.97 Å². The van der Waals surface area contributed by atoms with Gasteiger partial charge in [0.2, 0.25) is 0 Å². The van der Waals surface area contributed by atoms with Gasteiger partial charge in [0.1, 0.15) is 0 Å². The quantitative estimate of drug-likeness (QED) is 0.869. The Morgan fingerprint density at radius 2 is 2.00 bits per heavy atom. The summed E-state index contributed by atoms with van der Waals surface area (Å²) in [6.07, 6.45) is 6.49. The standard InChI is InChI=1S/C11H11N3OS/c12-10-7-14-5-3-11(10)16(15)8-9-2-1-4-13-6-9/h1-7H,8,12H2. The van der Waals surface area contributed by atoms with Crippen LogP contribution in [0.3, 0.4) is 0 Å². The van der Waals surface area contributed by atoms with Crippen molar-refractivity contribution >= 4 is 16.5 Å². The van der Waals surface area contributed by atoms with Crippen molar-refractivity contribution in [3.63, 3.8) is 0 Å². The summed E-state index contributed by atoms with van der Waals surface area (Å²) in [6.45, 7) is 0. The van der Waals surface area contributed by atoms with Gasteiger partial charge in [-0.05, 0) is 17.7 Å². The van der Waals surface area contributed by atoms with E-state index < -0.39 is 10.8 Å². The molecule has 16 heavy (non-hydrogen) atoms. The van der Waals surface area contributed by atoms with Crippen molar-refractivity contribution in [1.82, 2.24) is 9.97 Å². The van der Waals surface area contributed by atoms with Crippen LogP contribution in [0.15, 0.2) is 47.9 Å². The molecule has 0 bridgehead atoms. The first-order chi connectivity index (χ1) is 7.77. The van der Waals surface area contributed by atoms with Crippen molar-refractivity contribution in [2.45, 2.75) is 10.6 Å². The molecule has 2 aromatic rings. The highest BCUT2D eigenvalue weighted by Gasteiger charge is 2.08. The molecule has 0 aliphatic rings. The van der Waals surface area contributed by atoms with Crippen molar-refractivity contribution in [3.05, 3.63) is 48.5 Å². The number of rotatable bonds is 3. The Bertz CT molecular complexity index is 502. The van der Waals surface area contributed by atoms with Gasteiger partial charge in [0.05, 0.1) is 33.3 Å². The molecule has 0 radical (unpaired) electrons. The Balaban J connectivity index is 2.19. The molecular formula is C11H11N3OS. The summed E-state index contributed by atoms with van der Waals surface area (Å²) in [5, 5.41) is 0. The first kappa shape index (κ1) is 10.8. The number of hydrogen-bond donors (Lipinski definition) is 1. The Kier molecular flexibility index (Phi) is 3.26. The molecule has 2 heterocycles. The number of nitrogen functional groups attached to an aromatic ring is 1. The monoisotopic (exact) mass is 233 g/mol. The van der Waals surface area contributed by atoms with Gasteiger partial charge in [-0.25, -0.2) is 0 Å². The third-order valence-corrected chi connectivity index (χ3v) is 3.53. The molecule has 0 fully saturated rings. The van der Waals surface area contributed by atoms with Crippen LogP contribution >= 0.6 is 0 Å². The number of hydrogen-bond acceptors (Lipinski definition) is 4. The largest absolute Gasteiger partial charge is 0.396 e. The van der Waals surface area contributed by atoms with Gasteiger partial charge in [-0.15, -0.1) is 0 Å². The maximum atomic E-state index is 12.0. The third kappa shape index (κ3) is 2.43. The van der Waals surface area contributed by atoms with E-state index in [1.165, 1.54) is 6.20 Å². The molecule has 0 aliphatic carbocycles. The lowest BCUT2D eigenvalue weighted by atomic mass is 10.3. The Morgan fingerprint density at radius 1 is 1.19 bits per heavy atom. The average molecular weight is 233 g/mol. The van der Waals surface area contributed by atoms with Crippen LogP contribution in [0.1, 0.15) is 5.56 Å². The highest BCUT2D eigenvalue weighted by molar-refractivity contribution is 7.84. The summed E-state index contributed by atoms with van der Waals surface area (Å²) in [7, 11) is -1.15. The molecule has 0 aliphatic heterocycles. The smallest absolute Gasteiger partial charge is 0.0664 e. The summed E-state index contributed by atoms with van der Waals surface area (Å²) in [4.78, 5) is 8.46. The van der Waals surface area contributed by atoms with Crippen LogP contribution in [0.2, 0.25) is 0 Å². The summed E-state index contributed by atoms with van der Waals surface area (Å²) < 4.78 is 12.0. The second-order valence-corrected chi connectivity index (χ2v) is 4.68. The van der Waals surface area contributed by atoms with Crippen LogP contribution in [-0.2, 0) is 16.6 Å². The van der Waals surface area contributed by atoms with Gasteiger partial charge in [0.15, 0.2) is 0 Å². The van der Waals surface area contributed by atoms with Crippen molar-refractivity contribution in [2.75, 3.05) is 5.73 Å². The molecule has 0 saturated heterocycles. The lowest BCUT2D eigenvalue weighted by Gasteiger charge is -2.04. The van der Waals surface area contributed by atoms with E-state index in [1.807, 2.05) is 12.1 Å². The predicted octanol–water partition coefficient (Wildman–Crippen LogP) is 1.37. The Hall–Kier alpha value is -1.75.